The third kappa shape index (κ3) is 4.27. The molecule has 0 unspecified atom stereocenters. The van der Waals surface area contributed by atoms with Crippen LogP contribution in [0.5, 0.6) is 0 Å². The highest BCUT2D eigenvalue weighted by atomic mass is 32.2. The quantitative estimate of drug-likeness (QED) is 0.578. The second-order valence-electron chi connectivity index (χ2n) is 8.42. The van der Waals surface area contributed by atoms with Gasteiger partial charge < -0.3 is 9.80 Å². The van der Waals surface area contributed by atoms with Crippen molar-refractivity contribution in [1.29, 1.82) is 5.26 Å². The monoisotopic (exact) mass is 464 g/mol. The highest BCUT2D eigenvalue weighted by Gasteiger charge is 2.26. The molecule has 1 fully saturated rings. The third-order valence-electron chi connectivity index (χ3n) is 5.99. The summed E-state index contributed by atoms with van der Waals surface area (Å²) in [5, 5.41) is 9.78. The van der Waals surface area contributed by atoms with Gasteiger partial charge in [0.15, 0.2) is 0 Å². The fourth-order valence-corrected chi connectivity index (χ4v) is 5.05. The number of fused-ring (bicyclic) bond motifs is 1. The maximum Gasteiger partial charge on any atom is 0.267 e. The van der Waals surface area contributed by atoms with Crippen LogP contribution in [0.2, 0.25) is 0 Å². The molecule has 9 heteroatoms. The van der Waals surface area contributed by atoms with Gasteiger partial charge in [-0.25, -0.2) is 13.4 Å². The SMILES string of the molecule is Cc1ccc(S(=O)(=O)/C(C#N)=C/c2c(N3CC[NH+](C)CC3)nc3c(C)cccn3c2=O)cc1. The number of pyridine rings is 1. The van der Waals surface area contributed by atoms with Gasteiger partial charge in [-0.05, 0) is 43.7 Å². The summed E-state index contributed by atoms with van der Waals surface area (Å²) in [4.78, 5) is 21.2. The molecule has 3 aromatic rings. The number of benzene rings is 1. The summed E-state index contributed by atoms with van der Waals surface area (Å²) in [6.07, 6.45) is 2.78. The maximum atomic E-state index is 13.5. The number of quaternary nitrogens is 1. The number of anilines is 1. The van der Waals surface area contributed by atoms with Crippen molar-refractivity contribution in [1.82, 2.24) is 9.38 Å². The number of nitrogens with one attached hydrogen (secondary N) is 1. The Hall–Kier alpha value is -3.48. The molecule has 1 aromatic carbocycles. The molecule has 8 nitrogen and oxygen atoms in total. The number of nitrogens with zero attached hydrogens (tertiary/aromatic N) is 4. The zero-order chi connectivity index (χ0) is 23.8. The molecule has 0 atom stereocenters. The van der Waals surface area contributed by atoms with E-state index in [0.29, 0.717) is 24.6 Å². The van der Waals surface area contributed by atoms with Gasteiger partial charge >= 0.3 is 0 Å². The number of sulfone groups is 1. The average molecular weight is 465 g/mol. The molecular formula is C24H26N5O3S+. The lowest BCUT2D eigenvalue weighted by Gasteiger charge is -2.31. The van der Waals surface area contributed by atoms with Crippen LogP contribution in [-0.4, -0.2) is 51.0 Å². The number of aromatic nitrogens is 2. The molecule has 1 saturated heterocycles. The Morgan fingerprint density at radius 1 is 1.15 bits per heavy atom. The molecule has 3 heterocycles. The van der Waals surface area contributed by atoms with E-state index in [1.165, 1.54) is 27.5 Å². The van der Waals surface area contributed by atoms with Crippen LogP contribution in [-0.2, 0) is 9.84 Å². The van der Waals surface area contributed by atoms with Gasteiger partial charge in [-0.15, -0.1) is 0 Å². The largest absolute Gasteiger partial charge is 0.345 e. The van der Waals surface area contributed by atoms with Gasteiger partial charge in [0.1, 0.15) is 22.4 Å². The van der Waals surface area contributed by atoms with Crippen molar-refractivity contribution in [2.24, 2.45) is 0 Å². The Morgan fingerprint density at radius 3 is 2.45 bits per heavy atom. The predicted molar refractivity (Wildman–Crippen MR) is 127 cm³/mol. The highest BCUT2D eigenvalue weighted by molar-refractivity contribution is 7.95. The molecule has 1 aliphatic rings. The molecule has 1 aliphatic heterocycles. The van der Waals surface area contributed by atoms with E-state index >= 15 is 0 Å². The number of rotatable bonds is 4. The van der Waals surface area contributed by atoms with Crippen molar-refractivity contribution >= 4 is 27.4 Å². The van der Waals surface area contributed by atoms with E-state index in [1.54, 1.807) is 30.5 Å². The second-order valence-corrected chi connectivity index (χ2v) is 10.3. The van der Waals surface area contributed by atoms with E-state index in [1.807, 2.05) is 24.8 Å². The first-order valence-electron chi connectivity index (χ1n) is 10.7. The zero-order valence-electron chi connectivity index (χ0n) is 18.9. The minimum absolute atomic E-state index is 0.00958. The zero-order valence-corrected chi connectivity index (χ0v) is 19.7. The molecule has 0 amide bonds. The minimum Gasteiger partial charge on any atom is -0.345 e. The van der Waals surface area contributed by atoms with E-state index in [-0.39, 0.29) is 10.5 Å². The summed E-state index contributed by atoms with van der Waals surface area (Å²) in [7, 11) is -2.00. The number of allylic oxidation sites excluding steroid dienone is 1. The van der Waals surface area contributed by atoms with Crippen molar-refractivity contribution in [3.05, 3.63) is 74.5 Å². The molecule has 0 saturated carbocycles. The highest BCUT2D eigenvalue weighted by Crippen LogP contribution is 2.25. The van der Waals surface area contributed by atoms with E-state index in [2.05, 4.69) is 7.05 Å². The number of hydrogen-bond acceptors (Lipinski definition) is 6. The lowest BCUT2D eigenvalue weighted by molar-refractivity contribution is -0.880. The lowest BCUT2D eigenvalue weighted by atomic mass is 10.2. The average Bonchev–Trinajstić information content (AvgIpc) is 2.79. The Kier molecular flexibility index (Phi) is 6.06. The van der Waals surface area contributed by atoms with Crippen molar-refractivity contribution in [3.63, 3.8) is 0 Å². The van der Waals surface area contributed by atoms with Crippen LogP contribution in [0.15, 0.2) is 57.2 Å². The van der Waals surface area contributed by atoms with Crippen molar-refractivity contribution in [3.8, 4) is 6.07 Å². The molecule has 0 radical (unpaired) electrons. The number of piperazine rings is 1. The molecule has 0 spiro atoms. The summed E-state index contributed by atoms with van der Waals surface area (Å²) in [5.74, 6) is 0.411. The Balaban J connectivity index is 1.95. The summed E-state index contributed by atoms with van der Waals surface area (Å²) < 4.78 is 27.8. The van der Waals surface area contributed by atoms with Gasteiger partial charge in [-0.1, -0.05) is 23.8 Å². The number of hydrogen-bond donors (Lipinski definition) is 1. The molecule has 1 N–H and O–H groups in total. The van der Waals surface area contributed by atoms with Gasteiger partial charge in [0.05, 0.1) is 43.7 Å². The van der Waals surface area contributed by atoms with E-state index in [0.717, 1.165) is 24.2 Å². The summed E-state index contributed by atoms with van der Waals surface area (Å²) in [6, 6.07) is 11.7. The summed E-state index contributed by atoms with van der Waals surface area (Å²) in [6.45, 7) is 6.81. The van der Waals surface area contributed by atoms with Gasteiger partial charge in [0.2, 0.25) is 9.84 Å². The molecule has 33 heavy (non-hydrogen) atoms. The summed E-state index contributed by atoms with van der Waals surface area (Å²) in [5.41, 5.74) is 1.95. The Labute approximate surface area is 192 Å². The normalized spacial score (nSPS) is 15.6. The first-order valence-corrected chi connectivity index (χ1v) is 12.2. The standard InChI is InChI=1S/C24H25N5O3S/c1-17-6-8-19(9-7-17)33(31,32)20(16-25)15-21-23(28-13-11-27(3)12-14-28)26-22-18(2)5-4-10-29(22)24(21)30/h4-10,15H,11-14H2,1-3H3/p+1/b20-15+. The summed E-state index contributed by atoms with van der Waals surface area (Å²) >= 11 is 0. The van der Waals surface area contributed by atoms with Crippen molar-refractivity contribution in [2.45, 2.75) is 18.7 Å². The molecule has 4 rings (SSSR count). The van der Waals surface area contributed by atoms with Gasteiger partial charge in [-0.2, -0.15) is 5.26 Å². The van der Waals surface area contributed by atoms with Crippen LogP contribution in [0.1, 0.15) is 16.7 Å². The van der Waals surface area contributed by atoms with E-state index in [9.17, 15) is 18.5 Å². The predicted octanol–water partition coefficient (Wildman–Crippen LogP) is 0.984. The van der Waals surface area contributed by atoms with Crippen molar-refractivity contribution < 1.29 is 13.3 Å². The van der Waals surface area contributed by atoms with Crippen LogP contribution in [0, 0.1) is 25.2 Å². The Morgan fingerprint density at radius 2 is 1.82 bits per heavy atom. The molecule has 0 bridgehead atoms. The van der Waals surface area contributed by atoms with Gasteiger partial charge in [-0.3, -0.25) is 9.20 Å². The number of aryl methyl sites for hydroxylation is 2. The van der Waals surface area contributed by atoms with Crippen LogP contribution in [0.25, 0.3) is 11.7 Å². The fourth-order valence-electron chi connectivity index (χ4n) is 3.91. The molecular weight excluding hydrogens is 438 g/mol. The van der Waals surface area contributed by atoms with E-state index < -0.39 is 20.3 Å². The smallest absolute Gasteiger partial charge is 0.267 e. The molecule has 2 aromatic heterocycles. The van der Waals surface area contributed by atoms with Gasteiger partial charge in [0, 0.05) is 6.20 Å². The first kappa shape index (κ1) is 22.7. The lowest BCUT2D eigenvalue weighted by Crippen LogP contribution is -3.12. The number of nitriles is 1. The van der Waals surface area contributed by atoms with Gasteiger partial charge in [0.25, 0.3) is 5.56 Å². The van der Waals surface area contributed by atoms with Crippen molar-refractivity contribution in [2.75, 3.05) is 38.1 Å². The number of likely N-dealkylation sites (N-methyl/N-ethyl adjacent to an activating group) is 1. The van der Waals surface area contributed by atoms with Crippen LogP contribution < -0.4 is 15.4 Å². The van der Waals surface area contributed by atoms with Crippen LogP contribution in [0.3, 0.4) is 0 Å². The first-order chi connectivity index (χ1) is 15.7. The van der Waals surface area contributed by atoms with E-state index in [4.69, 9.17) is 4.98 Å². The minimum atomic E-state index is -4.10. The third-order valence-corrected chi connectivity index (χ3v) is 7.67. The Bertz CT molecular complexity index is 1440. The topological polar surface area (TPSA) is 100.0 Å². The maximum absolute atomic E-state index is 13.5. The molecule has 170 valence electrons. The second kappa shape index (κ2) is 8.81. The van der Waals surface area contributed by atoms with Crippen LogP contribution in [0.4, 0.5) is 5.82 Å². The fraction of sp³-hybridized carbons (Fsp3) is 0.292. The van der Waals surface area contributed by atoms with Crippen LogP contribution >= 0.6 is 0 Å². The molecule has 0 aliphatic carbocycles.